The summed E-state index contributed by atoms with van der Waals surface area (Å²) in [5.74, 6) is -1.77. The van der Waals surface area contributed by atoms with E-state index in [2.05, 4.69) is 0 Å². The van der Waals surface area contributed by atoms with Gasteiger partial charge >= 0.3 is 5.97 Å². The number of ether oxygens (including phenoxy) is 1. The number of benzene rings is 1. The van der Waals surface area contributed by atoms with Crippen LogP contribution in [0.1, 0.15) is 6.92 Å². The molecule has 1 aromatic rings. The Labute approximate surface area is 110 Å². The molecule has 19 heavy (non-hydrogen) atoms. The Kier molecular flexibility index (Phi) is 3.44. The molecule has 102 valence electrons. The van der Waals surface area contributed by atoms with Gasteiger partial charge in [0.15, 0.2) is 0 Å². The Morgan fingerprint density at radius 2 is 1.95 bits per heavy atom. The summed E-state index contributed by atoms with van der Waals surface area (Å²) in [6.07, 6.45) is -0.983. The van der Waals surface area contributed by atoms with Gasteiger partial charge in [0.25, 0.3) is 0 Å². The van der Waals surface area contributed by atoms with Gasteiger partial charge < -0.3 is 14.9 Å². The first-order valence-electron chi connectivity index (χ1n) is 5.85. The molecule has 0 unspecified atom stereocenters. The number of aliphatic hydroxyl groups is 1. The minimum absolute atomic E-state index is 0.382. The van der Waals surface area contributed by atoms with Gasteiger partial charge in [-0.1, -0.05) is 0 Å². The number of β-lactam (4-membered cyclic amide) rings is 1. The summed E-state index contributed by atoms with van der Waals surface area (Å²) in [4.78, 5) is 24.3. The Bertz CT molecular complexity index is 496. The third-order valence-corrected chi connectivity index (χ3v) is 3.26. The van der Waals surface area contributed by atoms with Gasteiger partial charge in [-0.05, 0) is 31.2 Å². The number of methoxy groups -OCH3 is 1. The number of carbonyl (C=O) groups is 2. The lowest BCUT2D eigenvalue weighted by molar-refractivity contribution is -0.153. The van der Waals surface area contributed by atoms with Crippen LogP contribution in [0.2, 0.25) is 0 Å². The van der Waals surface area contributed by atoms with Crippen molar-refractivity contribution in [3.8, 4) is 5.75 Å². The maximum absolute atomic E-state index is 11.9. The predicted molar refractivity (Wildman–Crippen MR) is 67.1 cm³/mol. The second-order valence-electron chi connectivity index (χ2n) is 4.46. The average molecular weight is 265 g/mol. The molecule has 2 N–H and O–H groups in total. The van der Waals surface area contributed by atoms with Crippen LogP contribution < -0.4 is 9.64 Å². The van der Waals surface area contributed by atoms with E-state index >= 15 is 0 Å². The van der Waals surface area contributed by atoms with Crippen molar-refractivity contribution in [3.63, 3.8) is 0 Å². The van der Waals surface area contributed by atoms with Crippen molar-refractivity contribution < 1.29 is 24.5 Å². The van der Waals surface area contributed by atoms with Gasteiger partial charge in [0.1, 0.15) is 11.8 Å². The fraction of sp³-hybridized carbons (Fsp3) is 0.385. The van der Waals surface area contributed by atoms with Crippen LogP contribution in [0.25, 0.3) is 0 Å². The van der Waals surface area contributed by atoms with Gasteiger partial charge in [-0.25, -0.2) is 4.79 Å². The monoisotopic (exact) mass is 265 g/mol. The number of carboxylic acids is 1. The van der Waals surface area contributed by atoms with Crippen LogP contribution >= 0.6 is 0 Å². The minimum Gasteiger partial charge on any atom is -0.497 e. The molecule has 0 aliphatic carbocycles. The van der Waals surface area contributed by atoms with Crippen molar-refractivity contribution in [2.24, 2.45) is 5.92 Å². The first kappa shape index (κ1) is 13.4. The van der Waals surface area contributed by atoms with E-state index in [-0.39, 0.29) is 5.91 Å². The molecule has 1 aromatic carbocycles. The molecule has 1 saturated heterocycles. The third-order valence-electron chi connectivity index (χ3n) is 3.26. The van der Waals surface area contributed by atoms with Crippen molar-refractivity contribution in [2.75, 3.05) is 12.0 Å². The Morgan fingerprint density at radius 3 is 2.37 bits per heavy atom. The zero-order chi connectivity index (χ0) is 14.2. The predicted octanol–water partition coefficient (Wildman–Crippen LogP) is 0.492. The number of nitrogens with zero attached hydrogens (tertiary/aromatic N) is 1. The summed E-state index contributed by atoms with van der Waals surface area (Å²) in [5, 5.41) is 18.7. The largest absolute Gasteiger partial charge is 0.497 e. The number of carbonyl (C=O) groups excluding carboxylic acids is 1. The minimum atomic E-state index is -1.12. The number of hydrogen-bond donors (Lipinski definition) is 2. The fourth-order valence-electron chi connectivity index (χ4n) is 2.28. The summed E-state index contributed by atoms with van der Waals surface area (Å²) in [7, 11) is 1.52. The number of rotatable bonds is 4. The summed E-state index contributed by atoms with van der Waals surface area (Å²) in [5.41, 5.74) is 0.482. The highest BCUT2D eigenvalue weighted by atomic mass is 16.5. The average Bonchev–Trinajstić information content (AvgIpc) is 2.35. The molecule has 6 heteroatoms. The zero-order valence-corrected chi connectivity index (χ0v) is 10.6. The van der Waals surface area contributed by atoms with Crippen LogP contribution in [0.15, 0.2) is 24.3 Å². The van der Waals surface area contributed by atoms with Crippen molar-refractivity contribution in [1.82, 2.24) is 0 Å². The molecular weight excluding hydrogens is 250 g/mol. The molecule has 1 fully saturated rings. The zero-order valence-electron chi connectivity index (χ0n) is 10.6. The van der Waals surface area contributed by atoms with E-state index in [0.29, 0.717) is 11.4 Å². The molecule has 3 atom stereocenters. The summed E-state index contributed by atoms with van der Waals surface area (Å²) in [6, 6.07) is 5.51. The van der Waals surface area contributed by atoms with Gasteiger partial charge in [-0.15, -0.1) is 0 Å². The lowest BCUT2D eigenvalue weighted by Gasteiger charge is -2.45. The van der Waals surface area contributed by atoms with E-state index < -0.39 is 24.0 Å². The highest BCUT2D eigenvalue weighted by Crippen LogP contribution is 2.35. The molecule has 0 aromatic heterocycles. The topological polar surface area (TPSA) is 87.1 Å². The molecule has 0 spiro atoms. The second kappa shape index (κ2) is 4.89. The van der Waals surface area contributed by atoms with Crippen molar-refractivity contribution in [3.05, 3.63) is 24.3 Å². The lowest BCUT2D eigenvalue weighted by Crippen LogP contribution is -2.67. The molecule has 1 aliphatic heterocycles. The van der Waals surface area contributed by atoms with Crippen molar-refractivity contribution >= 4 is 17.6 Å². The molecule has 0 bridgehead atoms. The van der Waals surface area contributed by atoms with E-state index in [0.717, 1.165) is 0 Å². The smallest absolute Gasteiger partial charge is 0.327 e. The summed E-state index contributed by atoms with van der Waals surface area (Å²) < 4.78 is 5.00. The Balaban J connectivity index is 2.28. The van der Waals surface area contributed by atoms with Gasteiger partial charge in [-0.3, -0.25) is 9.69 Å². The van der Waals surface area contributed by atoms with Crippen LogP contribution in [0, 0.1) is 5.92 Å². The highest BCUT2D eigenvalue weighted by molar-refractivity contribution is 6.10. The van der Waals surface area contributed by atoms with Gasteiger partial charge in [0.05, 0.1) is 19.1 Å². The van der Waals surface area contributed by atoms with E-state index in [4.69, 9.17) is 4.74 Å². The van der Waals surface area contributed by atoms with E-state index in [1.54, 1.807) is 24.3 Å². The van der Waals surface area contributed by atoms with Crippen LogP contribution in [0.4, 0.5) is 5.69 Å². The van der Waals surface area contributed by atoms with Gasteiger partial charge in [-0.2, -0.15) is 0 Å². The third kappa shape index (κ3) is 2.15. The summed E-state index contributed by atoms with van der Waals surface area (Å²) in [6.45, 7) is 1.42. The number of anilines is 1. The fourth-order valence-corrected chi connectivity index (χ4v) is 2.28. The van der Waals surface area contributed by atoms with Gasteiger partial charge in [0, 0.05) is 5.69 Å². The maximum atomic E-state index is 11.9. The van der Waals surface area contributed by atoms with Crippen LogP contribution in [-0.4, -0.2) is 41.3 Å². The molecule has 0 saturated carbocycles. The number of hydrogen-bond acceptors (Lipinski definition) is 4. The number of amides is 1. The number of carboxylic acid groups (broad SMARTS) is 1. The second-order valence-corrected chi connectivity index (χ2v) is 4.46. The van der Waals surface area contributed by atoms with Crippen LogP contribution in [-0.2, 0) is 9.59 Å². The molecule has 2 rings (SSSR count). The van der Waals surface area contributed by atoms with Crippen LogP contribution in [0.5, 0.6) is 5.75 Å². The van der Waals surface area contributed by atoms with Crippen LogP contribution in [0.3, 0.4) is 0 Å². The van der Waals surface area contributed by atoms with Crippen molar-refractivity contribution in [2.45, 2.75) is 19.1 Å². The molecule has 6 nitrogen and oxygen atoms in total. The standard InChI is InChI=1S/C13H15NO5/c1-7(15)10-11(13(17)18)14(12(10)16)8-3-5-9(19-2)6-4-8/h3-7,10-11,15H,1-2H3,(H,17,18)/t7-,10+,11+/m1/s1. The summed E-state index contributed by atoms with van der Waals surface area (Å²) >= 11 is 0. The quantitative estimate of drug-likeness (QED) is 0.774. The van der Waals surface area contributed by atoms with E-state index in [1.807, 2.05) is 0 Å². The lowest BCUT2D eigenvalue weighted by atomic mass is 9.82. The highest BCUT2D eigenvalue weighted by Gasteiger charge is 2.54. The van der Waals surface area contributed by atoms with Gasteiger partial charge in [0.2, 0.25) is 5.91 Å². The Morgan fingerprint density at radius 1 is 1.37 bits per heavy atom. The maximum Gasteiger partial charge on any atom is 0.327 e. The van der Waals surface area contributed by atoms with Crippen molar-refractivity contribution in [1.29, 1.82) is 0 Å². The Hall–Kier alpha value is -2.08. The molecule has 1 aliphatic rings. The molecule has 1 amide bonds. The van der Waals surface area contributed by atoms with E-state index in [1.165, 1.54) is 18.9 Å². The van der Waals surface area contributed by atoms with E-state index in [9.17, 15) is 19.8 Å². The molecular formula is C13H15NO5. The molecule has 1 heterocycles. The SMILES string of the molecule is COc1ccc(N2C(=O)[C@@H]([C@@H](C)O)[C@H]2C(=O)O)cc1. The first-order valence-corrected chi connectivity index (χ1v) is 5.85. The molecule has 0 radical (unpaired) electrons. The first-order chi connectivity index (χ1) is 8.97. The normalized spacial score (nSPS) is 23.7. The number of aliphatic hydroxyl groups excluding tert-OH is 1. The number of aliphatic carboxylic acids is 1.